The molecule has 0 saturated heterocycles. The van der Waals surface area contributed by atoms with Crippen LogP contribution < -0.4 is 15.5 Å². The van der Waals surface area contributed by atoms with Gasteiger partial charge in [-0.25, -0.2) is 4.39 Å². The molecule has 0 aliphatic rings. The van der Waals surface area contributed by atoms with Crippen molar-refractivity contribution in [3.05, 3.63) is 66.0 Å². The Morgan fingerprint density at radius 2 is 1.69 bits per heavy atom. The van der Waals surface area contributed by atoms with Gasteiger partial charge in [0.25, 0.3) is 5.91 Å². The molecule has 0 spiro atoms. The van der Waals surface area contributed by atoms with E-state index in [1.54, 1.807) is 6.07 Å². The molecule has 2 amide bonds. The van der Waals surface area contributed by atoms with Gasteiger partial charge in [0.05, 0.1) is 12.1 Å². The summed E-state index contributed by atoms with van der Waals surface area (Å²) in [6.07, 6.45) is 0.787. The zero-order chi connectivity index (χ0) is 18.8. The van der Waals surface area contributed by atoms with E-state index in [9.17, 15) is 14.0 Å². The SMILES string of the molecule is CCN(CCCNC(=O)CNC(=O)c1ccccc1F)c1ccccc1. The Morgan fingerprint density at radius 3 is 2.38 bits per heavy atom. The third-order valence-electron chi connectivity index (χ3n) is 3.96. The number of para-hydroxylation sites is 1. The molecule has 0 fully saturated rings. The van der Waals surface area contributed by atoms with Crippen LogP contribution >= 0.6 is 0 Å². The van der Waals surface area contributed by atoms with Gasteiger partial charge in [-0.05, 0) is 37.6 Å². The summed E-state index contributed by atoms with van der Waals surface area (Å²) >= 11 is 0. The smallest absolute Gasteiger partial charge is 0.254 e. The molecule has 2 rings (SSSR count). The molecular weight excluding hydrogens is 333 g/mol. The molecule has 0 aliphatic carbocycles. The van der Waals surface area contributed by atoms with Crippen molar-refractivity contribution in [2.24, 2.45) is 0 Å². The predicted molar refractivity (Wildman–Crippen MR) is 101 cm³/mol. The molecule has 0 radical (unpaired) electrons. The highest BCUT2D eigenvalue weighted by Crippen LogP contribution is 2.12. The monoisotopic (exact) mass is 357 g/mol. The van der Waals surface area contributed by atoms with Gasteiger partial charge in [-0.15, -0.1) is 0 Å². The van der Waals surface area contributed by atoms with E-state index >= 15 is 0 Å². The number of hydrogen-bond donors (Lipinski definition) is 2. The van der Waals surface area contributed by atoms with Crippen LogP contribution in [0, 0.1) is 5.82 Å². The minimum atomic E-state index is -0.606. The zero-order valence-corrected chi connectivity index (χ0v) is 14.9. The number of nitrogens with one attached hydrogen (secondary N) is 2. The molecule has 0 heterocycles. The van der Waals surface area contributed by atoms with Crippen LogP contribution in [0.15, 0.2) is 54.6 Å². The zero-order valence-electron chi connectivity index (χ0n) is 14.9. The number of hydrogen-bond acceptors (Lipinski definition) is 3. The molecule has 26 heavy (non-hydrogen) atoms. The van der Waals surface area contributed by atoms with E-state index in [-0.39, 0.29) is 18.0 Å². The number of nitrogens with zero attached hydrogens (tertiary/aromatic N) is 1. The molecule has 0 saturated carbocycles. The predicted octanol–water partition coefficient (Wildman–Crippen LogP) is 2.59. The fourth-order valence-electron chi connectivity index (χ4n) is 2.57. The lowest BCUT2D eigenvalue weighted by atomic mass is 10.2. The number of halogens is 1. The number of rotatable bonds is 9. The average Bonchev–Trinajstić information content (AvgIpc) is 2.67. The minimum Gasteiger partial charge on any atom is -0.372 e. The number of carbonyl (C=O) groups excluding carboxylic acids is 2. The van der Waals surface area contributed by atoms with Crippen molar-refractivity contribution >= 4 is 17.5 Å². The van der Waals surface area contributed by atoms with Crippen LogP contribution in [0.2, 0.25) is 0 Å². The molecule has 2 aromatic rings. The van der Waals surface area contributed by atoms with Gasteiger partial charge in [0.1, 0.15) is 5.82 Å². The molecule has 5 nitrogen and oxygen atoms in total. The number of anilines is 1. The summed E-state index contributed by atoms with van der Waals surface area (Å²) in [5.74, 6) is -1.50. The second-order valence-corrected chi connectivity index (χ2v) is 5.78. The molecule has 0 aliphatic heterocycles. The summed E-state index contributed by atoms with van der Waals surface area (Å²) in [7, 11) is 0. The first-order chi connectivity index (χ1) is 12.6. The van der Waals surface area contributed by atoms with Crippen molar-refractivity contribution in [2.75, 3.05) is 31.1 Å². The van der Waals surface area contributed by atoms with Crippen LogP contribution in [0.5, 0.6) is 0 Å². The molecule has 138 valence electrons. The van der Waals surface area contributed by atoms with Gasteiger partial charge >= 0.3 is 0 Å². The molecule has 2 N–H and O–H groups in total. The lowest BCUT2D eigenvalue weighted by Gasteiger charge is -2.23. The molecule has 6 heteroatoms. The van der Waals surface area contributed by atoms with Gasteiger partial charge in [-0.3, -0.25) is 9.59 Å². The Bertz CT molecular complexity index is 722. The second-order valence-electron chi connectivity index (χ2n) is 5.78. The maximum atomic E-state index is 13.5. The highest BCUT2D eigenvalue weighted by Gasteiger charge is 2.11. The Labute approximate surface area is 153 Å². The normalized spacial score (nSPS) is 10.2. The van der Waals surface area contributed by atoms with Crippen LogP contribution in [0.25, 0.3) is 0 Å². The molecule has 0 unspecified atom stereocenters. The topological polar surface area (TPSA) is 61.4 Å². The van der Waals surface area contributed by atoms with E-state index in [4.69, 9.17) is 0 Å². The largest absolute Gasteiger partial charge is 0.372 e. The van der Waals surface area contributed by atoms with Crippen molar-refractivity contribution < 1.29 is 14.0 Å². The number of amides is 2. The quantitative estimate of drug-likeness (QED) is 0.678. The third-order valence-corrected chi connectivity index (χ3v) is 3.96. The van der Waals surface area contributed by atoms with Crippen LogP contribution in [-0.2, 0) is 4.79 Å². The summed E-state index contributed by atoms with van der Waals surface area (Å²) in [6.45, 7) is 4.13. The summed E-state index contributed by atoms with van der Waals surface area (Å²) < 4.78 is 13.5. The Morgan fingerprint density at radius 1 is 1.00 bits per heavy atom. The lowest BCUT2D eigenvalue weighted by molar-refractivity contribution is -0.120. The van der Waals surface area contributed by atoms with Gasteiger partial charge in [-0.1, -0.05) is 30.3 Å². The van der Waals surface area contributed by atoms with Gasteiger partial charge in [0, 0.05) is 25.3 Å². The number of benzene rings is 2. The fraction of sp³-hybridized carbons (Fsp3) is 0.300. The van der Waals surface area contributed by atoms with E-state index in [0.717, 1.165) is 25.2 Å². The Balaban J connectivity index is 1.67. The fourth-order valence-corrected chi connectivity index (χ4v) is 2.57. The second kappa shape index (κ2) is 10.2. The molecule has 0 atom stereocenters. The van der Waals surface area contributed by atoms with Crippen LogP contribution in [0.4, 0.5) is 10.1 Å². The first-order valence-corrected chi connectivity index (χ1v) is 8.71. The van der Waals surface area contributed by atoms with Crippen molar-refractivity contribution in [3.63, 3.8) is 0 Å². The van der Waals surface area contributed by atoms with E-state index in [0.29, 0.717) is 6.54 Å². The molecule has 2 aromatic carbocycles. The number of carbonyl (C=O) groups is 2. The van der Waals surface area contributed by atoms with E-state index < -0.39 is 11.7 Å². The van der Waals surface area contributed by atoms with Crippen molar-refractivity contribution in [2.45, 2.75) is 13.3 Å². The van der Waals surface area contributed by atoms with Crippen molar-refractivity contribution in [1.29, 1.82) is 0 Å². The highest BCUT2D eigenvalue weighted by molar-refractivity contribution is 5.96. The highest BCUT2D eigenvalue weighted by atomic mass is 19.1. The molecular formula is C20H24FN3O2. The van der Waals surface area contributed by atoms with Gasteiger partial charge < -0.3 is 15.5 Å². The maximum Gasteiger partial charge on any atom is 0.254 e. The van der Waals surface area contributed by atoms with Gasteiger partial charge in [-0.2, -0.15) is 0 Å². The van der Waals surface area contributed by atoms with E-state index in [1.807, 2.05) is 18.2 Å². The standard InChI is InChI=1S/C20H24FN3O2/c1-2-24(16-9-4-3-5-10-16)14-8-13-22-19(25)15-23-20(26)17-11-6-7-12-18(17)21/h3-7,9-12H,2,8,13-15H2,1H3,(H,22,25)(H,23,26). The first-order valence-electron chi connectivity index (χ1n) is 8.71. The minimum absolute atomic E-state index is 0.0678. The maximum absolute atomic E-state index is 13.5. The summed E-state index contributed by atoms with van der Waals surface area (Å²) in [4.78, 5) is 25.9. The molecule has 0 aromatic heterocycles. The Hall–Kier alpha value is -2.89. The van der Waals surface area contributed by atoms with Gasteiger partial charge in [0.2, 0.25) is 5.91 Å². The van der Waals surface area contributed by atoms with Gasteiger partial charge in [0.15, 0.2) is 0 Å². The van der Waals surface area contributed by atoms with E-state index in [1.165, 1.54) is 18.2 Å². The Kier molecular flexibility index (Phi) is 7.61. The third kappa shape index (κ3) is 5.88. The lowest BCUT2D eigenvalue weighted by Crippen LogP contribution is -2.38. The average molecular weight is 357 g/mol. The van der Waals surface area contributed by atoms with E-state index in [2.05, 4.69) is 34.6 Å². The van der Waals surface area contributed by atoms with Crippen LogP contribution in [0.3, 0.4) is 0 Å². The van der Waals surface area contributed by atoms with Crippen molar-refractivity contribution in [1.82, 2.24) is 10.6 Å². The van der Waals surface area contributed by atoms with Crippen LogP contribution in [-0.4, -0.2) is 38.0 Å². The first kappa shape index (κ1) is 19.4. The summed E-state index contributed by atoms with van der Waals surface area (Å²) in [6, 6.07) is 15.8. The summed E-state index contributed by atoms with van der Waals surface area (Å²) in [5.41, 5.74) is 1.08. The van der Waals surface area contributed by atoms with Crippen LogP contribution in [0.1, 0.15) is 23.7 Å². The molecule has 0 bridgehead atoms. The summed E-state index contributed by atoms with van der Waals surface area (Å²) in [5, 5.41) is 5.19. The van der Waals surface area contributed by atoms with Crippen molar-refractivity contribution in [3.8, 4) is 0 Å².